The first-order valence-corrected chi connectivity index (χ1v) is 16.4. The van der Waals surface area contributed by atoms with Gasteiger partial charge in [0.1, 0.15) is 0 Å². The zero-order valence-corrected chi connectivity index (χ0v) is 31.1. The normalized spacial score (nSPS) is 17.9. The van der Waals surface area contributed by atoms with E-state index in [2.05, 4.69) is 19.8 Å². The number of hydrogen-bond acceptors (Lipinski definition) is 4. The van der Waals surface area contributed by atoms with E-state index in [4.69, 9.17) is 0 Å². The fraction of sp³-hybridized carbons (Fsp3) is 0.415. The third-order valence-electron chi connectivity index (χ3n) is 9.80. The molecule has 0 aliphatic carbocycles. The summed E-state index contributed by atoms with van der Waals surface area (Å²) < 4.78 is 83.4. The van der Waals surface area contributed by atoms with Gasteiger partial charge in [0.2, 0.25) is 0 Å². The van der Waals surface area contributed by atoms with E-state index < -0.39 is 23.5 Å². The second-order valence-electron chi connectivity index (χ2n) is 13.4. The van der Waals surface area contributed by atoms with Crippen molar-refractivity contribution in [3.63, 3.8) is 0 Å². The Morgan fingerprint density at radius 3 is 1.29 bits per heavy atom. The average molecular weight is 769 g/mol. The van der Waals surface area contributed by atoms with Gasteiger partial charge in [0.15, 0.2) is 0 Å². The van der Waals surface area contributed by atoms with Crippen molar-refractivity contribution < 1.29 is 43.4 Å². The van der Waals surface area contributed by atoms with Crippen molar-refractivity contribution in [3.8, 4) is 22.3 Å². The van der Waals surface area contributed by atoms with Crippen molar-refractivity contribution in [2.45, 2.75) is 98.3 Å². The maximum atomic E-state index is 13.9. The number of aromatic nitrogens is 2. The number of nitrogens with zero attached hydrogens (tertiary/aromatic N) is 4. The predicted molar refractivity (Wildman–Crippen MR) is 195 cm³/mol. The number of likely N-dealkylation sites (tertiary alicyclic amines) is 2. The van der Waals surface area contributed by atoms with Crippen LogP contribution in [0.3, 0.4) is 0 Å². The molecule has 0 bridgehead atoms. The van der Waals surface area contributed by atoms with Crippen LogP contribution < -0.4 is 0 Å². The van der Waals surface area contributed by atoms with Crippen LogP contribution in [0.4, 0.5) is 26.3 Å². The molecule has 0 N–H and O–H groups in total. The van der Waals surface area contributed by atoms with Gasteiger partial charge in [0.05, 0.1) is 22.5 Å². The summed E-state index contributed by atoms with van der Waals surface area (Å²) >= 11 is 0. The Kier molecular flexibility index (Phi) is 15.3. The van der Waals surface area contributed by atoms with Gasteiger partial charge in [-0.05, 0) is 113 Å². The van der Waals surface area contributed by atoms with Crippen LogP contribution in [0.1, 0.15) is 77.9 Å². The number of pyridine rings is 2. The largest absolute Gasteiger partial charge is 4.00 e. The van der Waals surface area contributed by atoms with Crippen molar-refractivity contribution in [2.24, 2.45) is 0 Å². The molecule has 2 aliphatic rings. The molecule has 2 fully saturated rings. The molecule has 2 aliphatic heterocycles. The first-order valence-electron chi connectivity index (χ1n) is 16.4. The van der Waals surface area contributed by atoms with Crippen LogP contribution in [-0.2, 0) is 42.5 Å². The Labute approximate surface area is 316 Å². The number of hydrogen-bond donors (Lipinski definition) is 0. The third-order valence-corrected chi connectivity index (χ3v) is 9.80. The number of benzene rings is 2. The summed E-state index contributed by atoms with van der Waals surface area (Å²) in [4.78, 5) is 14.1. The molecular weight excluding hydrogens is 718 g/mol. The van der Waals surface area contributed by atoms with Crippen LogP contribution in [0.5, 0.6) is 0 Å². The molecule has 2 aromatic carbocycles. The van der Waals surface area contributed by atoms with Crippen LogP contribution in [-0.4, -0.2) is 44.9 Å². The van der Waals surface area contributed by atoms with Gasteiger partial charge in [-0.1, -0.05) is 42.8 Å². The van der Waals surface area contributed by atoms with Gasteiger partial charge in [-0.2, -0.15) is 26.3 Å². The first kappa shape index (κ1) is 44.9. The number of aryl methyl sites for hydroxylation is 4. The Hall–Kier alpha value is -3.24. The zero-order valence-electron chi connectivity index (χ0n) is 30.0. The second kappa shape index (κ2) is 17.7. The SMILES string of the molecule is C.Cc1cc(C)c(-c2ccc(CN3CCCC3C3CCCN3Cc3ccc(-c4c(C)cc(C)cc4C(F)(F)F)cn3)nc2)c(C(F)(F)F)c1.[CH3-].[CH3-].[Fe+4]. The van der Waals surface area contributed by atoms with Crippen LogP contribution in [0, 0.1) is 42.5 Å². The topological polar surface area (TPSA) is 32.3 Å². The van der Waals surface area contributed by atoms with Gasteiger partial charge in [-0.15, -0.1) is 0 Å². The van der Waals surface area contributed by atoms with Crippen molar-refractivity contribution in [2.75, 3.05) is 13.1 Å². The van der Waals surface area contributed by atoms with Crippen molar-refractivity contribution in [1.29, 1.82) is 0 Å². The standard InChI is InChI=1S/C38H40F6N4.CH4.2CH3.Fe/c1-23-15-25(3)35(31(17-23)37(39,40)41)27-9-11-29(45-19-27)21-47-13-5-7-33(47)34-8-6-14-48(34)22-30-12-10-28(20-46-30)36-26(4)16-24(2)18-32(36)38(42,43)44;;;;/h9-12,15-20,33-34H,5-8,13-14,21-22H2,1-4H3;1H4;2*1H3;/q;;2*-1;+4. The third kappa shape index (κ3) is 9.64. The number of alkyl halides is 6. The minimum Gasteiger partial charge on any atom is -0.358 e. The Morgan fingerprint density at radius 1 is 0.615 bits per heavy atom. The Balaban J connectivity index is 0.00000234. The summed E-state index contributed by atoms with van der Waals surface area (Å²) in [6, 6.07) is 13.7. The van der Waals surface area contributed by atoms with Gasteiger partial charge in [-0.3, -0.25) is 19.8 Å². The van der Waals surface area contributed by atoms with E-state index in [0.29, 0.717) is 58.6 Å². The van der Waals surface area contributed by atoms with E-state index in [1.165, 1.54) is 12.1 Å². The van der Waals surface area contributed by atoms with Gasteiger partial charge < -0.3 is 14.9 Å². The average Bonchev–Trinajstić information content (AvgIpc) is 3.66. The zero-order chi connectivity index (χ0) is 34.4. The molecule has 4 heterocycles. The van der Waals surface area contributed by atoms with Gasteiger partial charge in [0, 0.05) is 48.7 Å². The molecule has 4 aromatic rings. The molecule has 2 unspecified atom stereocenters. The van der Waals surface area contributed by atoms with Crippen LogP contribution in [0.25, 0.3) is 22.3 Å². The fourth-order valence-electron chi connectivity index (χ4n) is 7.86. The fourth-order valence-corrected chi connectivity index (χ4v) is 7.86. The number of rotatable bonds is 7. The van der Waals surface area contributed by atoms with Crippen molar-refractivity contribution in [1.82, 2.24) is 19.8 Å². The molecule has 6 rings (SSSR count). The van der Waals surface area contributed by atoms with Crippen LogP contribution >= 0.6 is 0 Å². The van der Waals surface area contributed by atoms with Crippen LogP contribution in [0.15, 0.2) is 60.9 Å². The molecule has 0 radical (unpaired) electrons. The monoisotopic (exact) mass is 768 g/mol. The minimum absolute atomic E-state index is 0. The molecule has 0 saturated carbocycles. The molecule has 11 heteroatoms. The number of halogens is 6. The predicted octanol–water partition coefficient (Wildman–Crippen LogP) is 11.2. The smallest absolute Gasteiger partial charge is 0.358 e. The summed E-state index contributed by atoms with van der Waals surface area (Å²) in [5.74, 6) is 0. The molecular formula is C41H50F6FeN4+2. The summed E-state index contributed by atoms with van der Waals surface area (Å²) in [6.45, 7) is 9.79. The van der Waals surface area contributed by atoms with Crippen molar-refractivity contribution in [3.05, 3.63) is 121 Å². The van der Waals surface area contributed by atoms with E-state index >= 15 is 0 Å². The molecule has 52 heavy (non-hydrogen) atoms. The summed E-state index contributed by atoms with van der Waals surface area (Å²) in [5, 5.41) is 0. The molecule has 0 spiro atoms. The summed E-state index contributed by atoms with van der Waals surface area (Å²) in [6.07, 6.45) is -1.64. The summed E-state index contributed by atoms with van der Waals surface area (Å²) in [7, 11) is 0. The van der Waals surface area contributed by atoms with E-state index in [-0.39, 0.29) is 50.5 Å². The maximum absolute atomic E-state index is 13.9. The molecule has 282 valence electrons. The molecule has 2 saturated heterocycles. The van der Waals surface area contributed by atoms with E-state index in [1.807, 2.05) is 12.1 Å². The summed E-state index contributed by atoms with van der Waals surface area (Å²) in [5.41, 5.74) is 3.86. The minimum atomic E-state index is -4.46. The van der Waals surface area contributed by atoms with E-state index in [0.717, 1.165) is 50.2 Å². The van der Waals surface area contributed by atoms with E-state index in [9.17, 15) is 26.3 Å². The Morgan fingerprint density at radius 2 is 0.981 bits per heavy atom. The molecule has 0 amide bonds. The second-order valence-corrected chi connectivity index (χ2v) is 13.4. The van der Waals surface area contributed by atoms with E-state index in [1.54, 1.807) is 64.4 Å². The maximum Gasteiger partial charge on any atom is 4.00 e. The van der Waals surface area contributed by atoms with Gasteiger partial charge >= 0.3 is 29.4 Å². The molecule has 2 aromatic heterocycles. The van der Waals surface area contributed by atoms with Gasteiger partial charge in [-0.25, -0.2) is 0 Å². The molecule has 2 atom stereocenters. The van der Waals surface area contributed by atoms with Crippen LogP contribution in [0.2, 0.25) is 0 Å². The van der Waals surface area contributed by atoms with Crippen molar-refractivity contribution >= 4 is 0 Å². The molecule has 4 nitrogen and oxygen atoms in total. The Bertz CT molecular complexity index is 1640. The quantitative estimate of drug-likeness (QED) is 0.106. The van der Waals surface area contributed by atoms with Gasteiger partial charge in [0.25, 0.3) is 0 Å². The first-order chi connectivity index (χ1) is 22.7.